The first-order valence-corrected chi connectivity index (χ1v) is 5.31. The van der Waals surface area contributed by atoms with Gasteiger partial charge in [-0.2, -0.15) is 0 Å². The number of likely N-dealkylation sites (tertiary alicyclic amines) is 1. The lowest BCUT2D eigenvalue weighted by atomic mass is 9.74. The molecule has 1 saturated heterocycles. The van der Waals surface area contributed by atoms with Crippen LogP contribution in [-0.4, -0.2) is 30.7 Å². The monoisotopic (exact) mass is 187 g/mol. The number of piperidine rings is 1. The Kier molecular flexibility index (Phi) is 3.33. The van der Waals surface area contributed by atoms with Crippen molar-refractivity contribution in [1.82, 2.24) is 4.90 Å². The third-order valence-corrected chi connectivity index (χ3v) is 3.19. The van der Waals surface area contributed by atoms with Crippen molar-refractivity contribution in [3.05, 3.63) is 0 Å². The highest BCUT2D eigenvalue weighted by molar-refractivity contribution is 4.86. The normalized spacial score (nSPS) is 32.1. The summed E-state index contributed by atoms with van der Waals surface area (Å²) >= 11 is 0. The van der Waals surface area contributed by atoms with Crippen molar-refractivity contribution in [3.8, 4) is 0 Å². The predicted molar refractivity (Wildman–Crippen MR) is 54.6 cm³/mol. The molecule has 2 unspecified atom stereocenters. The summed E-state index contributed by atoms with van der Waals surface area (Å²) in [6.45, 7) is 11.2. The summed E-state index contributed by atoms with van der Waals surface area (Å²) in [5, 5.41) is 0. The van der Waals surface area contributed by atoms with E-state index in [1.54, 1.807) is 0 Å². The third-order valence-electron chi connectivity index (χ3n) is 3.19. The van der Waals surface area contributed by atoms with Crippen LogP contribution in [0, 0.1) is 11.3 Å². The highest BCUT2D eigenvalue weighted by Gasteiger charge is 2.36. The quantitative estimate of drug-likeness (QED) is 0.610. The molecular formula is C11H22FN. The Morgan fingerprint density at radius 1 is 1.38 bits per heavy atom. The van der Waals surface area contributed by atoms with Crippen LogP contribution >= 0.6 is 0 Å². The second kappa shape index (κ2) is 3.95. The summed E-state index contributed by atoms with van der Waals surface area (Å²) in [7, 11) is 0. The molecule has 0 amide bonds. The number of hydrogen-bond acceptors (Lipinski definition) is 1. The van der Waals surface area contributed by atoms with Gasteiger partial charge in [-0.25, -0.2) is 4.39 Å². The Labute approximate surface area is 81.3 Å². The van der Waals surface area contributed by atoms with Crippen LogP contribution in [0.5, 0.6) is 0 Å². The first-order valence-electron chi connectivity index (χ1n) is 5.31. The van der Waals surface area contributed by atoms with Gasteiger partial charge in [0.25, 0.3) is 0 Å². The first kappa shape index (κ1) is 11.0. The van der Waals surface area contributed by atoms with Crippen LogP contribution in [0.25, 0.3) is 0 Å². The number of nitrogens with zero attached hydrogens (tertiary/aromatic N) is 1. The second-order valence-electron chi connectivity index (χ2n) is 5.17. The minimum atomic E-state index is -0.631. The van der Waals surface area contributed by atoms with Crippen molar-refractivity contribution < 1.29 is 4.39 Å². The van der Waals surface area contributed by atoms with Crippen molar-refractivity contribution in [3.63, 3.8) is 0 Å². The second-order valence-corrected chi connectivity index (χ2v) is 5.17. The number of alkyl halides is 1. The summed E-state index contributed by atoms with van der Waals surface area (Å²) < 4.78 is 13.7. The highest BCUT2D eigenvalue weighted by atomic mass is 19.1. The summed E-state index contributed by atoms with van der Waals surface area (Å²) in [6, 6.07) is 0. The summed E-state index contributed by atoms with van der Waals surface area (Å²) in [4.78, 5) is 2.20. The lowest BCUT2D eigenvalue weighted by molar-refractivity contribution is 0.0287. The van der Waals surface area contributed by atoms with Crippen molar-refractivity contribution >= 4 is 0 Å². The number of hydrogen-bond donors (Lipinski definition) is 0. The Hall–Kier alpha value is -0.110. The molecule has 0 N–H and O–H groups in total. The molecule has 0 spiro atoms. The van der Waals surface area contributed by atoms with E-state index in [0.29, 0.717) is 6.54 Å². The van der Waals surface area contributed by atoms with Gasteiger partial charge in [-0.05, 0) is 30.8 Å². The van der Waals surface area contributed by atoms with Crippen LogP contribution in [0.1, 0.15) is 34.1 Å². The van der Waals surface area contributed by atoms with Crippen LogP contribution in [0.2, 0.25) is 0 Å². The van der Waals surface area contributed by atoms with E-state index < -0.39 is 6.17 Å². The van der Waals surface area contributed by atoms with Crippen molar-refractivity contribution in [1.29, 1.82) is 0 Å². The lowest BCUT2D eigenvalue weighted by Gasteiger charge is -2.40. The average Bonchev–Trinajstić information content (AvgIpc) is 2.01. The van der Waals surface area contributed by atoms with Gasteiger partial charge >= 0.3 is 0 Å². The molecule has 78 valence electrons. The van der Waals surface area contributed by atoms with E-state index in [-0.39, 0.29) is 11.3 Å². The smallest absolute Gasteiger partial charge is 0.116 e. The number of halogens is 1. The SMILES string of the molecule is CCN1CCC(C(C)(C)C)C(F)C1. The number of rotatable bonds is 1. The van der Waals surface area contributed by atoms with E-state index in [1.807, 2.05) is 0 Å². The molecule has 0 aromatic rings. The van der Waals surface area contributed by atoms with Crippen LogP contribution in [-0.2, 0) is 0 Å². The third kappa shape index (κ3) is 2.67. The molecule has 2 atom stereocenters. The fraction of sp³-hybridized carbons (Fsp3) is 1.00. The van der Waals surface area contributed by atoms with Crippen molar-refractivity contribution in [2.45, 2.75) is 40.3 Å². The molecule has 0 aliphatic carbocycles. The molecule has 1 aliphatic rings. The minimum Gasteiger partial charge on any atom is -0.301 e. The molecule has 0 bridgehead atoms. The predicted octanol–water partition coefficient (Wildman–Crippen LogP) is 2.71. The molecule has 0 saturated carbocycles. The summed E-state index contributed by atoms with van der Waals surface area (Å²) in [6.07, 6.45) is 0.382. The van der Waals surface area contributed by atoms with Gasteiger partial charge in [0.15, 0.2) is 0 Å². The zero-order valence-electron chi connectivity index (χ0n) is 9.31. The molecule has 13 heavy (non-hydrogen) atoms. The average molecular weight is 187 g/mol. The molecule has 2 heteroatoms. The fourth-order valence-electron chi connectivity index (χ4n) is 2.23. The molecule has 1 rings (SSSR count). The van der Waals surface area contributed by atoms with Gasteiger partial charge in [0, 0.05) is 6.54 Å². The van der Waals surface area contributed by atoms with Crippen LogP contribution in [0.3, 0.4) is 0 Å². The van der Waals surface area contributed by atoms with Crippen molar-refractivity contribution in [2.24, 2.45) is 11.3 Å². The lowest BCUT2D eigenvalue weighted by Crippen LogP contribution is -2.45. The van der Waals surface area contributed by atoms with Gasteiger partial charge in [0.05, 0.1) is 0 Å². The van der Waals surface area contributed by atoms with E-state index in [9.17, 15) is 4.39 Å². The van der Waals surface area contributed by atoms with E-state index in [2.05, 4.69) is 32.6 Å². The molecule has 0 aromatic carbocycles. The zero-order chi connectivity index (χ0) is 10.1. The minimum absolute atomic E-state index is 0.124. The molecule has 0 radical (unpaired) electrons. The van der Waals surface area contributed by atoms with E-state index in [0.717, 1.165) is 19.5 Å². The molecule has 1 nitrogen and oxygen atoms in total. The highest BCUT2D eigenvalue weighted by Crippen LogP contribution is 2.35. The zero-order valence-corrected chi connectivity index (χ0v) is 9.31. The summed E-state index contributed by atoms with van der Waals surface area (Å²) in [5.41, 5.74) is 0.124. The van der Waals surface area contributed by atoms with E-state index in [4.69, 9.17) is 0 Å². The van der Waals surface area contributed by atoms with Crippen LogP contribution in [0.15, 0.2) is 0 Å². The van der Waals surface area contributed by atoms with Gasteiger partial charge in [0.1, 0.15) is 6.17 Å². The standard InChI is InChI=1S/C11H22FN/c1-5-13-7-6-9(10(12)8-13)11(2,3)4/h9-10H,5-8H2,1-4H3. The van der Waals surface area contributed by atoms with Gasteiger partial charge in [-0.1, -0.05) is 27.7 Å². The Bertz CT molecular complexity index is 162. The first-order chi connectivity index (χ1) is 5.95. The maximum Gasteiger partial charge on any atom is 0.116 e. The molecule has 0 aromatic heterocycles. The van der Waals surface area contributed by atoms with Gasteiger partial charge in [-0.3, -0.25) is 0 Å². The van der Waals surface area contributed by atoms with E-state index in [1.165, 1.54) is 0 Å². The van der Waals surface area contributed by atoms with E-state index >= 15 is 0 Å². The maximum atomic E-state index is 13.7. The topological polar surface area (TPSA) is 3.24 Å². The molecule has 1 heterocycles. The van der Waals surface area contributed by atoms with Gasteiger partial charge < -0.3 is 4.90 Å². The van der Waals surface area contributed by atoms with Crippen LogP contribution < -0.4 is 0 Å². The van der Waals surface area contributed by atoms with Crippen molar-refractivity contribution in [2.75, 3.05) is 19.6 Å². The Morgan fingerprint density at radius 3 is 2.38 bits per heavy atom. The van der Waals surface area contributed by atoms with Crippen LogP contribution in [0.4, 0.5) is 4.39 Å². The Morgan fingerprint density at radius 2 is 2.00 bits per heavy atom. The molecule has 1 fully saturated rings. The summed E-state index contributed by atoms with van der Waals surface area (Å²) in [5.74, 6) is 0.246. The fourth-order valence-corrected chi connectivity index (χ4v) is 2.23. The Balaban J connectivity index is 2.53. The largest absolute Gasteiger partial charge is 0.301 e. The van der Waals surface area contributed by atoms with Gasteiger partial charge in [0.2, 0.25) is 0 Å². The maximum absolute atomic E-state index is 13.7. The molecule has 1 aliphatic heterocycles. The molecular weight excluding hydrogens is 165 g/mol. The van der Waals surface area contributed by atoms with Gasteiger partial charge in [-0.15, -0.1) is 0 Å².